The lowest BCUT2D eigenvalue weighted by Crippen LogP contribution is -2.19. The Kier molecular flexibility index (Phi) is 5.68. The van der Waals surface area contributed by atoms with Gasteiger partial charge in [0.2, 0.25) is 0 Å². The van der Waals surface area contributed by atoms with E-state index in [2.05, 4.69) is 9.84 Å². The molecule has 1 aromatic carbocycles. The predicted octanol–water partition coefficient (Wildman–Crippen LogP) is 4.17. The lowest BCUT2D eigenvalue weighted by Gasteiger charge is -2.25. The Bertz CT molecular complexity index is 496. The molecule has 2 unspecified atom stereocenters. The van der Waals surface area contributed by atoms with E-state index in [0.29, 0.717) is 18.7 Å². The van der Waals surface area contributed by atoms with E-state index in [-0.39, 0.29) is 0 Å². The number of anilines is 1. The number of benzene rings is 1. The molecule has 1 rings (SSSR count). The minimum absolute atomic E-state index is 0.373. The van der Waals surface area contributed by atoms with Gasteiger partial charge < -0.3 is 14.7 Å². The van der Waals surface area contributed by atoms with Crippen molar-refractivity contribution >= 4 is 13.3 Å². The third kappa shape index (κ3) is 3.78. The van der Waals surface area contributed by atoms with Crippen LogP contribution in [0.15, 0.2) is 24.3 Å². The van der Waals surface area contributed by atoms with Crippen LogP contribution in [0.3, 0.4) is 0 Å². The van der Waals surface area contributed by atoms with E-state index in [1.54, 1.807) is 13.0 Å². The Balaban J connectivity index is 3.08. The Morgan fingerprint density at radius 1 is 1.45 bits per heavy atom. The van der Waals surface area contributed by atoms with Gasteiger partial charge in [0.25, 0.3) is 0 Å². The molecule has 2 atom stereocenters. The molecular weight excluding hydrogens is 287 g/mol. The van der Waals surface area contributed by atoms with Gasteiger partial charge >= 0.3 is 13.3 Å². The van der Waals surface area contributed by atoms with Crippen LogP contribution in [-0.4, -0.2) is 17.5 Å². The van der Waals surface area contributed by atoms with E-state index in [9.17, 15) is 18.2 Å². The second-order valence-electron chi connectivity index (χ2n) is 4.50. The molecule has 2 N–H and O–H groups in total. The zero-order valence-electron chi connectivity index (χ0n) is 11.8. The van der Waals surface area contributed by atoms with E-state index >= 15 is 0 Å². The molecule has 0 bridgehead atoms. The van der Waals surface area contributed by atoms with Crippen LogP contribution in [0.4, 0.5) is 14.5 Å². The third-order valence-corrected chi connectivity index (χ3v) is 4.46. The average Bonchev–Trinajstić information content (AvgIpc) is 2.38. The van der Waals surface area contributed by atoms with E-state index in [1.165, 1.54) is 13.0 Å². The van der Waals surface area contributed by atoms with Gasteiger partial charge in [0, 0.05) is 17.8 Å². The highest BCUT2D eigenvalue weighted by molar-refractivity contribution is 7.53. The molecule has 7 heteroatoms. The fourth-order valence-electron chi connectivity index (χ4n) is 1.57. The Labute approximate surface area is 117 Å². The molecule has 0 aliphatic heterocycles. The fourth-order valence-corrected chi connectivity index (χ4v) is 2.80. The monoisotopic (exact) mass is 307 g/mol. The maximum Gasteiger partial charge on any atom is 0.402 e. The molecule has 4 nitrogen and oxygen atoms in total. The number of rotatable bonds is 7. The molecular formula is C13H20F2NO3P. The van der Waals surface area contributed by atoms with E-state index in [1.807, 2.05) is 6.92 Å². The van der Waals surface area contributed by atoms with Crippen molar-refractivity contribution in [3.63, 3.8) is 0 Å². The van der Waals surface area contributed by atoms with Gasteiger partial charge in [-0.15, -0.1) is 0 Å². The standard InChI is InChI=1S/C13H20F2NO3P/c1-4-10(3)19-20(17,18)13(14,15)11-7-6-8-12(9-11)16-5-2/h6-10,16H,4-5H2,1-3H3,(H,17,18). The highest BCUT2D eigenvalue weighted by Crippen LogP contribution is 2.64. The second kappa shape index (κ2) is 6.66. The minimum Gasteiger partial charge on any atom is -0.385 e. The third-order valence-electron chi connectivity index (χ3n) is 2.84. The minimum atomic E-state index is -5.09. The van der Waals surface area contributed by atoms with Crippen molar-refractivity contribution in [1.82, 2.24) is 0 Å². The lowest BCUT2D eigenvalue weighted by molar-refractivity contribution is 0.0347. The van der Waals surface area contributed by atoms with Gasteiger partial charge in [-0.05, 0) is 32.4 Å². The summed E-state index contributed by atoms with van der Waals surface area (Å²) in [6.07, 6.45) is -0.341. The zero-order chi connectivity index (χ0) is 15.4. The largest absolute Gasteiger partial charge is 0.402 e. The molecule has 0 aromatic heterocycles. The molecule has 0 saturated carbocycles. The number of halogens is 2. The van der Waals surface area contributed by atoms with Gasteiger partial charge in [0.05, 0.1) is 6.10 Å². The van der Waals surface area contributed by atoms with Crippen LogP contribution < -0.4 is 5.32 Å². The first-order chi connectivity index (χ1) is 9.24. The molecule has 0 fully saturated rings. The summed E-state index contributed by atoms with van der Waals surface area (Å²) in [5, 5.41) is 2.88. The normalized spacial score (nSPS) is 16.5. The van der Waals surface area contributed by atoms with Gasteiger partial charge in [0.15, 0.2) is 0 Å². The molecule has 0 amide bonds. The number of hydrogen-bond acceptors (Lipinski definition) is 3. The van der Waals surface area contributed by atoms with E-state index in [0.717, 1.165) is 12.1 Å². The molecule has 0 aliphatic carbocycles. The van der Waals surface area contributed by atoms with Crippen molar-refractivity contribution in [2.75, 3.05) is 11.9 Å². The summed E-state index contributed by atoms with van der Waals surface area (Å²) in [5.74, 6) is 0. The summed E-state index contributed by atoms with van der Waals surface area (Å²) in [7, 11) is -5.09. The van der Waals surface area contributed by atoms with Crippen LogP contribution in [0.25, 0.3) is 0 Å². The topological polar surface area (TPSA) is 58.6 Å². The van der Waals surface area contributed by atoms with Gasteiger partial charge in [0.1, 0.15) is 0 Å². The van der Waals surface area contributed by atoms with Crippen LogP contribution in [0.5, 0.6) is 0 Å². The quantitative estimate of drug-likeness (QED) is 0.742. The SMILES string of the molecule is CCNc1cccc(C(F)(F)P(=O)(O)OC(C)CC)c1. The smallest absolute Gasteiger partial charge is 0.385 e. The van der Waals surface area contributed by atoms with Crippen molar-refractivity contribution in [3.8, 4) is 0 Å². The fraction of sp³-hybridized carbons (Fsp3) is 0.538. The zero-order valence-corrected chi connectivity index (χ0v) is 12.7. The first-order valence-corrected chi connectivity index (χ1v) is 8.05. The van der Waals surface area contributed by atoms with Gasteiger partial charge in [-0.2, -0.15) is 8.78 Å². The maximum absolute atomic E-state index is 14.2. The highest BCUT2D eigenvalue weighted by atomic mass is 31.2. The lowest BCUT2D eigenvalue weighted by atomic mass is 10.2. The second-order valence-corrected chi connectivity index (χ2v) is 6.31. The molecule has 20 heavy (non-hydrogen) atoms. The molecule has 0 saturated heterocycles. The van der Waals surface area contributed by atoms with Crippen LogP contribution in [0.1, 0.15) is 32.8 Å². The van der Waals surface area contributed by atoms with E-state index in [4.69, 9.17) is 0 Å². The van der Waals surface area contributed by atoms with Crippen molar-refractivity contribution < 1.29 is 22.8 Å². The molecule has 114 valence electrons. The summed E-state index contributed by atoms with van der Waals surface area (Å²) in [5.41, 5.74) is -4.01. The van der Waals surface area contributed by atoms with Crippen molar-refractivity contribution in [3.05, 3.63) is 29.8 Å². The molecule has 1 aromatic rings. The van der Waals surface area contributed by atoms with Crippen molar-refractivity contribution in [2.24, 2.45) is 0 Å². The Morgan fingerprint density at radius 3 is 2.65 bits per heavy atom. The summed E-state index contributed by atoms with van der Waals surface area (Å²) < 4.78 is 44.9. The van der Waals surface area contributed by atoms with E-state index < -0.39 is 24.9 Å². The van der Waals surface area contributed by atoms with Crippen LogP contribution in [0, 0.1) is 0 Å². The number of hydrogen-bond donors (Lipinski definition) is 2. The Hall–Kier alpha value is -0.970. The maximum atomic E-state index is 14.2. The number of alkyl halides is 2. The van der Waals surface area contributed by atoms with Crippen LogP contribution >= 0.6 is 7.60 Å². The summed E-state index contributed by atoms with van der Waals surface area (Å²) in [6, 6.07) is 5.29. The number of nitrogens with one attached hydrogen (secondary N) is 1. The van der Waals surface area contributed by atoms with Gasteiger partial charge in [-0.3, -0.25) is 4.57 Å². The van der Waals surface area contributed by atoms with Crippen LogP contribution in [-0.2, 0) is 14.8 Å². The van der Waals surface area contributed by atoms with Crippen molar-refractivity contribution in [2.45, 2.75) is 39.0 Å². The van der Waals surface area contributed by atoms with Crippen molar-refractivity contribution in [1.29, 1.82) is 0 Å². The molecule has 0 aliphatic rings. The predicted molar refractivity (Wildman–Crippen MR) is 75.2 cm³/mol. The molecule has 0 radical (unpaired) electrons. The highest BCUT2D eigenvalue weighted by Gasteiger charge is 2.53. The first-order valence-electron chi connectivity index (χ1n) is 6.48. The van der Waals surface area contributed by atoms with Gasteiger partial charge in [-0.25, -0.2) is 0 Å². The summed E-state index contributed by atoms with van der Waals surface area (Å²) in [6.45, 7) is 5.56. The summed E-state index contributed by atoms with van der Waals surface area (Å²) in [4.78, 5) is 9.58. The van der Waals surface area contributed by atoms with Crippen LogP contribution in [0.2, 0.25) is 0 Å². The Morgan fingerprint density at radius 2 is 2.10 bits per heavy atom. The average molecular weight is 307 g/mol. The van der Waals surface area contributed by atoms with Gasteiger partial charge in [-0.1, -0.05) is 19.1 Å². The summed E-state index contributed by atoms with van der Waals surface area (Å²) >= 11 is 0. The molecule has 0 spiro atoms. The molecule has 0 heterocycles. The first kappa shape index (κ1) is 17.1.